The lowest BCUT2D eigenvalue weighted by atomic mass is 9.71. The molecule has 0 bridgehead atoms. The topological polar surface area (TPSA) is 100 Å². The number of nitrogens with one attached hydrogen (secondary N) is 1. The van der Waals surface area contributed by atoms with Gasteiger partial charge in [0, 0.05) is 16.3 Å². The van der Waals surface area contributed by atoms with Gasteiger partial charge in [-0.2, -0.15) is 0 Å². The van der Waals surface area contributed by atoms with E-state index in [1.165, 1.54) is 0 Å². The molecule has 3 aromatic rings. The molecule has 26 heavy (non-hydrogen) atoms. The van der Waals surface area contributed by atoms with Crippen molar-refractivity contribution in [3.63, 3.8) is 0 Å². The summed E-state index contributed by atoms with van der Waals surface area (Å²) in [6.07, 6.45) is 1.43. The van der Waals surface area contributed by atoms with Crippen LogP contribution in [0.15, 0.2) is 51.9 Å². The number of para-hydroxylation sites is 1. The molecule has 0 fully saturated rings. The van der Waals surface area contributed by atoms with E-state index >= 15 is 0 Å². The van der Waals surface area contributed by atoms with Crippen LogP contribution >= 0.6 is 15.9 Å². The van der Waals surface area contributed by atoms with Crippen molar-refractivity contribution < 1.29 is 5.11 Å². The summed E-state index contributed by atoms with van der Waals surface area (Å²) in [5.74, 6) is 0.204. The first-order valence-corrected chi connectivity index (χ1v) is 9.49. The van der Waals surface area contributed by atoms with Crippen molar-refractivity contribution in [3.05, 3.63) is 58.2 Å². The summed E-state index contributed by atoms with van der Waals surface area (Å²) in [4.78, 5) is 8.43. The van der Waals surface area contributed by atoms with Crippen molar-refractivity contribution in [2.45, 2.75) is 18.3 Å². The van der Waals surface area contributed by atoms with Crippen molar-refractivity contribution in [2.24, 2.45) is 16.5 Å². The summed E-state index contributed by atoms with van der Waals surface area (Å²) in [6, 6.07) is 13.9. The molecule has 2 heterocycles. The number of H-pyrrole nitrogens is 1. The highest BCUT2D eigenvalue weighted by Gasteiger charge is 2.44. The Morgan fingerprint density at radius 2 is 1.81 bits per heavy atom. The normalized spacial score (nSPS) is 15.3. The maximum atomic E-state index is 10.3. The zero-order chi connectivity index (χ0) is 18.3. The number of phenolic OH excluding ortho intramolecular Hbond substituents is 1. The van der Waals surface area contributed by atoms with Crippen LogP contribution in [-0.2, 0) is 5.41 Å². The Hall–Kier alpha value is -2.15. The Labute approximate surface area is 160 Å². The second-order valence-corrected chi connectivity index (χ2v) is 7.57. The number of fused-ring (bicyclic) bond motifs is 2. The largest absolute Gasteiger partial charge is 0.507 e. The summed E-state index contributed by atoms with van der Waals surface area (Å²) in [5, 5.41) is 11.4. The highest BCUT2D eigenvalue weighted by Crippen LogP contribution is 2.49. The lowest BCUT2D eigenvalue weighted by Crippen LogP contribution is -2.38. The number of phenols is 1. The molecule has 0 radical (unpaired) electrons. The van der Waals surface area contributed by atoms with Gasteiger partial charge in [-0.15, -0.1) is 0 Å². The minimum absolute atomic E-state index is 0.204. The van der Waals surface area contributed by atoms with E-state index in [4.69, 9.17) is 16.5 Å². The van der Waals surface area contributed by atoms with Crippen molar-refractivity contribution >= 4 is 38.2 Å². The van der Waals surface area contributed by atoms with Gasteiger partial charge in [0.05, 0.1) is 21.6 Å². The number of halogens is 1. The van der Waals surface area contributed by atoms with E-state index in [1.54, 1.807) is 6.07 Å². The fourth-order valence-electron chi connectivity index (χ4n) is 4.03. The number of nitrogens with zero attached hydrogens (tertiary/aromatic N) is 1. The van der Waals surface area contributed by atoms with Gasteiger partial charge in [0.1, 0.15) is 5.75 Å². The molecule has 2 aromatic carbocycles. The summed E-state index contributed by atoms with van der Waals surface area (Å²) in [6.45, 7) is 1.02. The summed E-state index contributed by atoms with van der Waals surface area (Å²) >= 11 is 3.39. The molecule has 0 atom stereocenters. The zero-order valence-corrected chi connectivity index (χ0v) is 15.9. The highest BCUT2D eigenvalue weighted by atomic mass is 79.9. The Balaban J connectivity index is 1.95. The van der Waals surface area contributed by atoms with Gasteiger partial charge in [-0.05, 0) is 71.7 Å². The average molecular weight is 413 g/mol. The van der Waals surface area contributed by atoms with Crippen LogP contribution in [0.2, 0.25) is 0 Å². The quantitative estimate of drug-likeness (QED) is 0.513. The molecule has 4 rings (SSSR count). The predicted molar refractivity (Wildman–Crippen MR) is 109 cm³/mol. The Kier molecular flexibility index (Phi) is 4.34. The van der Waals surface area contributed by atoms with Crippen LogP contribution in [0.25, 0.3) is 10.9 Å². The lowest BCUT2D eigenvalue weighted by molar-refractivity contribution is 0.464. The lowest BCUT2D eigenvalue weighted by Gasteiger charge is -2.31. The van der Waals surface area contributed by atoms with Crippen LogP contribution < -0.4 is 11.5 Å². The van der Waals surface area contributed by atoms with Gasteiger partial charge in [-0.25, -0.2) is 4.99 Å². The van der Waals surface area contributed by atoms with Crippen molar-refractivity contribution in [3.8, 4) is 5.75 Å². The molecular formula is C20H21BrN4O. The fraction of sp³-hybridized carbons (Fsp3) is 0.250. The molecule has 1 aliphatic heterocycles. The molecule has 0 aliphatic carbocycles. The first-order valence-electron chi connectivity index (χ1n) is 8.69. The molecule has 0 saturated heterocycles. The van der Waals surface area contributed by atoms with Crippen LogP contribution in [0.5, 0.6) is 5.75 Å². The first-order chi connectivity index (χ1) is 12.6. The molecule has 6 N–H and O–H groups in total. The SMILES string of the molecule is NCCC1(CCN)C(c2cc3ccccc3[nH]2)=Nc2cc(Br)c(O)cc21. The van der Waals surface area contributed by atoms with Crippen LogP contribution in [0.3, 0.4) is 0 Å². The van der Waals surface area contributed by atoms with Gasteiger partial charge >= 0.3 is 0 Å². The number of aromatic nitrogens is 1. The highest BCUT2D eigenvalue weighted by molar-refractivity contribution is 9.10. The third-order valence-corrected chi connectivity index (χ3v) is 5.83. The summed E-state index contributed by atoms with van der Waals surface area (Å²) < 4.78 is 0.632. The smallest absolute Gasteiger partial charge is 0.130 e. The Bertz CT molecular complexity index is 969. The van der Waals surface area contributed by atoms with Crippen LogP contribution in [-0.4, -0.2) is 28.9 Å². The van der Waals surface area contributed by atoms with E-state index in [-0.39, 0.29) is 5.75 Å². The van der Waals surface area contributed by atoms with E-state index < -0.39 is 5.41 Å². The minimum atomic E-state index is -0.405. The third kappa shape index (κ3) is 2.57. The van der Waals surface area contributed by atoms with Gasteiger partial charge in [0.2, 0.25) is 0 Å². The van der Waals surface area contributed by atoms with Gasteiger partial charge in [0.15, 0.2) is 0 Å². The maximum absolute atomic E-state index is 10.3. The minimum Gasteiger partial charge on any atom is -0.507 e. The molecule has 0 amide bonds. The molecule has 1 aromatic heterocycles. The number of hydrogen-bond acceptors (Lipinski definition) is 4. The van der Waals surface area contributed by atoms with Crippen LogP contribution in [0.1, 0.15) is 24.1 Å². The van der Waals surface area contributed by atoms with Crippen molar-refractivity contribution in [2.75, 3.05) is 13.1 Å². The van der Waals surface area contributed by atoms with Gasteiger partial charge in [-0.1, -0.05) is 18.2 Å². The number of benzene rings is 2. The van der Waals surface area contributed by atoms with E-state index in [2.05, 4.69) is 39.1 Å². The molecule has 134 valence electrons. The van der Waals surface area contributed by atoms with Gasteiger partial charge in [0.25, 0.3) is 0 Å². The summed E-state index contributed by atoms with van der Waals surface area (Å²) in [5.41, 5.74) is 16.4. The average Bonchev–Trinajstić information content (AvgIpc) is 3.16. The van der Waals surface area contributed by atoms with E-state index in [0.29, 0.717) is 30.4 Å². The molecule has 0 spiro atoms. The maximum Gasteiger partial charge on any atom is 0.130 e. The zero-order valence-electron chi connectivity index (χ0n) is 14.3. The Morgan fingerprint density at radius 1 is 1.08 bits per heavy atom. The van der Waals surface area contributed by atoms with Crippen LogP contribution in [0, 0.1) is 0 Å². The molecule has 5 nitrogen and oxygen atoms in total. The predicted octanol–water partition coefficient (Wildman–Crippen LogP) is 3.71. The number of nitrogens with two attached hydrogens (primary N) is 2. The fourth-order valence-corrected chi connectivity index (χ4v) is 4.36. The summed E-state index contributed by atoms with van der Waals surface area (Å²) in [7, 11) is 0. The van der Waals surface area contributed by atoms with Crippen molar-refractivity contribution in [1.82, 2.24) is 4.98 Å². The van der Waals surface area contributed by atoms with Gasteiger partial charge < -0.3 is 21.6 Å². The third-order valence-electron chi connectivity index (χ3n) is 5.19. The molecule has 0 saturated carbocycles. The number of aromatic hydroxyl groups is 1. The number of aliphatic imine (C=N–C) groups is 1. The standard InChI is InChI=1S/C20H21BrN4O/c21-14-11-16-13(10-18(14)26)20(5-7-22,6-8-23)19(25-16)17-9-12-3-1-2-4-15(12)24-17/h1-4,9-11,24,26H,5-8,22-23H2. The van der Waals surface area contributed by atoms with Gasteiger partial charge in [-0.3, -0.25) is 0 Å². The number of aromatic amines is 1. The van der Waals surface area contributed by atoms with E-state index in [0.717, 1.165) is 33.6 Å². The molecule has 0 unspecified atom stereocenters. The number of rotatable bonds is 5. The Morgan fingerprint density at radius 3 is 2.50 bits per heavy atom. The van der Waals surface area contributed by atoms with Crippen LogP contribution in [0.4, 0.5) is 5.69 Å². The molecular weight excluding hydrogens is 392 g/mol. The molecule has 1 aliphatic rings. The second kappa shape index (κ2) is 6.54. The monoisotopic (exact) mass is 412 g/mol. The molecule has 6 heteroatoms. The first kappa shape index (κ1) is 17.3. The van der Waals surface area contributed by atoms with Crippen molar-refractivity contribution in [1.29, 1.82) is 0 Å². The second-order valence-electron chi connectivity index (χ2n) is 6.71. The van der Waals surface area contributed by atoms with E-state index in [1.807, 2.05) is 18.2 Å². The number of hydrogen-bond donors (Lipinski definition) is 4. The van der Waals surface area contributed by atoms with E-state index in [9.17, 15) is 5.11 Å².